The van der Waals surface area contributed by atoms with Gasteiger partial charge in [0.2, 0.25) is 5.91 Å². The van der Waals surface area contributed by atoms with E-state index in [1.165, 1.54) is 0 Å². The minimum Gasteiger partial charge on any atom is -0.395 e. The average Bonchev–Trinajstić information content (AvgIpc) is 2.25. The van der Waals surface area contributed by atoms with E-state index in [1.807, 2.05) is 6.92 Å². The van der Waals surface area contributed by atoms with Crippen LogP contribution in [0.3, 0.4) is 0 Å². The molecule has 0 aliphatic heterocycles. The molecule has 0 saturated carbocycles. The van der Waals surface area contributed by atoms with Gasteiger partial charge in [-0.15, -0.1) is 6.58 Å². The van der Waals surface area contributed by atoms with Crippen molar-refractivity contribution in [2.75, 3.05) is 26.2 Å². The zero-order valence-corrected chi connectivity index (χ0v) is 9.70. The number of rotatable bonds is 8. The largest absolute Gasteiger partial charge is 0.395 e. The zero-order chi connectivity index (χ0) is 11.7. The molecule has 0 bridgehead atoms. The summed E-state index contributed by atoms with van der Waals surface area (Å²) in [5.41, 5.74) is 0. The third kappa shape index (κ3) is 6.25. The first-order valence-corrected chi connectivity index (χ1v) is 5.38. The highest BCUT2D eigenvalue weighted by Crippen LogP contribution is 1.92. The molecule has 2 N–H and O–H groups in total. The van der Waals surface area contributed by atoms with E-state index < -0.39 is 0 Å². The molecule has 0 aromatic heterocycles. The number of hydrogen-bond acceptors (Lipinski definition) is 3. The molecule has 4 nitrogen and oxygen atoms in total. The normalized spacial score (nSPS) is 12.2. The van der Waals surface area contributed by atoms with Gasteiger partial charge in [0, 0.05) is 19.1 Å². The molecule has 0 fully saturated rings. The van der Waals surface area contributed by atoms with Gasteiger partial charge >= 0.3 is 0 Å². The first-order valence-electron chi connectivity index (χ1n) is 5.38. The zero-order valence-electron chi connectivity index (χ0n) is 9.70. The van der Waals surface area contributed by atoms with Crippen LogP contribution in [0.15, 0.2) is 12.7 Å². The second-order valence-corrected chi connectivity index (χ2v) is 3.54. The highest BCUT2D eigenvalue weighted by Gasteiger charge is 2.11. The van der Waals surface area contributed by atoms with Gasteiger partial charge in [0.15, 0.2) is 0 Å². The molecular formula is C11H22N2O2. The minimum absolute atomic E-state index is 0.00394. The van der Waals surface area contributed by atoms with Crippen molar-refractivity contribution < 1.29 is 9.90 Å². The lowest BCUT2D eigenvalue weighted by Gasteiger charge is -2.21. The summed E-state index contributed by atoms with van der Waals surface area (Å²) in [5.74, 6) is 0.00394. The number of carbonyl (C=O) groups is 1. The standard InChI is InChI=1S/C11H22N2O2/c1-4-6-13(7-8-14)11(15)9-12-10(3)5-2/h4,10,12,14H,1,5-9H2,2-3H3. The molecule has 1 unspecified atom stereocenters. The summed E-state index contributed by atoms with van der Waals surface area (Å²) in [4.78, 5) is 13.2. The van der Waals surface area contributed by atoms with Crippen molar-refractivity contribution in [1.29, 1.82) is 0 Å². The van der Waals surface area contributed by atoms with Gasteiger partial charge in [-0.25, -0.2) is 0 Å². The summed E-state index contributed by atoms with van der Waals surface area (Å²) >= 11 is 0. The van der Waals surface area contributed by atoms with Crippen molar-refractivity contribution in [3.05, 3.63) is 12.7 Å². The van der Waals surface area contributed by atoms with Crippen LogP contribution in [0.4, 0.5) is 0 Å². The van der Waals surface area contributed by atoms with Crippen molar-refractivity contribution in [1.82, 2.24) is 10.2 Å². The van der Waals surface area contributed by atoms with E-state index in [2.05, 4.69) is 18.8 Å². The molecule has 88 valence electrons. The second-order valence-electron chi connectivity index (χ2n) is 3.54. The molecule has 0 aromatic rings. The molecule has 4 heteroatoms. The summed E-state index contributed by atoms with van der Waals surface area (Å²) < 4.78 is 0. The number of nitrogens with one attached hydrogen (secondary N) is 1. The molecule has 0 spiro atoms. The predicted molar refractivity (Wildman–Crippen MR) is 61.6 cm³/mol. The van der Waals surface area contributed by atoms with Gasteiger partial charge in [-0.2, -0.15) is 0 Å². The maximum absolute atomic E-state index is 11.6. The molecule has 15 heavy (non-hydrogen) atoms. The fraction of sp³-hybridized carbons (Fsp3) is 0.727. The van der Waals surface area contributed by atoms with E-state index in [0.29, 0.717) is 25.7 Å². The van der Waals surface area contributed by atoms with Crippen molar-refractivity contribution in [2.24, 2.45) is 0 Å². The van der Waals surface area contributed by atoms with Gasteiger partial charge in [-0.3, -0.25) is 4.79 Å². The third-order valence-electron chi connectivity index (χ3n) is 2.29. The second kappa shape index (κ2) is 8.44. The Balaban J connectivity index is 3.95. The average molecular weight is 214 g/mol. The quantitative estimate of drug-likeness (QED) is 0.574. The summed E-state index contributed by atoms with van der Waals surface area (Å²) in [5, 5.41) is 11.9. The topological polar surface area (TPSA) is 52.6 Å². The van der Waals surface area contributed by atoms with Crippen LogP contribution in [0.2, 0.25) is 0 Å². The van der Waals surface area contributed by atoms with Crippen LogP contribution >= 0.6 is 0 Å². The molecule has 0 aliphatic carbocycles. The van der Waals surface area contributed by atoms with Crippen LogP contribution in [0.1, 0.15) is 20.3 Å². The first-order chi connectivity index (χ1) is 7.15. The van der Waals surface area contributed by atoms with Crippen LogP contribution < -0.4 is 5.32 Å². The lowest BCUT2D eigenvalue weighted by atomic mass is 10.2. The number of amides is 1. The Kier molecular flexibility index (Phi) is 7.95. The van der Waals surface area contributed by atoms with Crippen LogP contribution in [0, 0.1) is 0 Å². The molecule has 0 heterocycles. The molecule has 0 radical (unpaired) electrons. The lowest BCUT2D eigenvalue weighted by Crippen LogP contribution is -2.42. The van der Waals surface area contributed by atoms with Crippen molar-refractivity contribution in [3.8, 4) is 0 Å². The van der Waals surface area contributed by atoms with E-state index in [1.54, 1.807) is 11.0 Å². The fourth-order valence-electron chi connectivity index (χ4n) is 1.11. The van der Waals surface area contributed by atoms with Gasteiger partial charge in [-0.05, 0) is 13.3 Å². The summed E-state index contributed by atoms with van der Waals surface area (Å²) in [6.45, 7) is 8.85. The van der Waals surface area contributed by atoms with Crippen LogP contribution in [-0.4, -0.2) is 48.2 Å². The van der Waals surface area contributed by atoms with Crippen molar-refractivity contribution >= 4 is 5.91 Å². The number of carbonyl (C=O) groups excluding carboxylic acids is 1. The molecule has 0 saturated heterocycles. The summed E-state index contributed by atoms with van der Waals surface area (Å²) in [7, 11) is 0. The number of aliphatic hydroxyl groups is 1. The Morgan fingerprint density at radius 3 is 2.80 bits per heavy atom. The summed E-state index contributed by atoms with van der Waals surface area (Å²) in [6, 6.07) is 0.341. The van der Waals surface area contributed by atoms with E-state index in [0.717, 1.165) is 6.42 Å². The van der Waals surface area contributed by atoms with Crippen molar-refractivity contribution in [3.63, 3.8) is 0 Å². The maximum Gasteiger partial charge on any atom is 0.236 e. The summed E-state index contributed by atoms with van der Waals surface area (Å²) in [6.07, 6.45) is 2.66. The molecule has 1 atom stereocenters. The predicted octanol–water partition coefficient (Wildman–Crippen LogP) is 0.381. The smallest absolute Gasteiger partial charge is 0.236 e. The van der Waals surface area contributed by atoms with Gasteiger partial charge in [-0.1, -0.05) is 13.0 Å². The Hall–Kier alpha value is -0.870. The van der Waals surface area contributed by atoms with E-state index in [-0.39, 0.29) is 12.5 Å². The first kappa shape index (κ1) is 14.1. The molecule has 0 aromatic carbocycles. The molecule has 1 amide bonds. The van der Waals surface area contributed by atoms with E-state index in [4.69, 9.17) is 5.11 Å². The monoisotopic (exact) mass is 214 g/mol. The van der Waals surface area contributed by atoms with Crippen LogP contribution in [0.25, 0.3) is 0 Å². The highest BCUT2D eigenvalue weighted by atomic mass is 16.3. The Morgan fingerprint density at radius 1 is 1.67 bits per heavy atom. The van der Waals surface area contributed by atoms with Crippen LogP contribution in [0.5, 0.6) is 0 Å². The molecular weight excluding hydrogens is 192 g/mol. The number of nitrogens with zero attached hydrogens (tertiary/aromatic N) is 1. The highest BCUT2D eigenvalue weighted by molar-refractivity contribution is 5.78. The molecule has 0 rings (SSSR count). The van der Waals surface area contributed by atoms with Gasteiger partial charge in [0.05, 0.1) is 13.2 Å². The fourth-order valence-corrected chi connectivity index (χ4v) is 1.11. The SMILES string of the molecule is C=CCN(CCO)C(=O)CNC(C)CC. The van der Waals surface area contributed by atoms with Gasteiger partial charge in [0.1, 0.15) is 0 Å². The maximum atomic E-state index is 11.6. The number of aliphatic hydroxyl groups excluding tert-OH is 1. The van der Waals surface area contributed by atoms with E-state index in [9.17, 15) is 4.79 Å². The number of hydrogen-bond donors (Lipinski definition) is 2. The minimum atomic E-state index is -0.0110. The van der Waals surface area contributed by atoms with Crippen molar-refractivity contribution in [2.45, 2.75) is 26.3 Å². The third-order valence-corrected chi connectivity index (χ3v) is 2.29. The Labute approximate surface area is 92.0 Å². The van der Waals surface area contributed by atoms with Crippen LogP contribution in [-0.2, 0) is 4.79 Å². The van der Waals surface area contributed by atoms with Gasteiger partial charge in [0.25, 0.3) is 0 Å². The Morgan fingerprint density at radius 2 is 2.33 bits per heavy atom. The van der Waals surface area contributed by atoms with Gasteiger partial charge < -0.3 is 15.3 Å². The molecule has 0 aliphatic rings. The van der Waals surface area contributed by atoms with E-state index >= 15 is 0 Å². The lowest BCUT2D eigenvalue weighted by molar-refractivity contribution is -0.130. The Bertz CT molecular complexity index is 195.